The van der Waals surface area contributed by atoms with Gasteiger partial charge in [-0.05, 0) is 0 Å². The normalized spacial score (nSPS) is 18.6. The minimum Gasteiger partial charge on any atom is -1.00 e. The average Bonchev–Trinajstić information content (AvgIpc) is 2.27. The number of urea groups is 1. The summed E-state index contributed by atoms with van der Waals surface area (Å²) >= 11 is 0. The molecule has 0 aromatic carbocycles. The third kappa shape index (κ3) is 2.65. The molecule has 1 saturated heterocycles. The van der Waals surface area contributed by atoms with Gasteiger partial charge in [0, 0.05) is 12.8 Å². The number of hydrogen-bond donors (Lipinski definition) is 2. The quantitative estimate of drug-likeness (QED) is 0.491. The van der Waals surface area contributed by atoms with Crippen LogP contribution in [0.1, 0.15) is 26.7 Å². The van der Waals surface area contributed by atoms with Crippen molar-refractivity contribution in [1.82, 2.24) is 5.32 Å². The Morgan fingerprint density at radius 1 is 1.31 bits per heavy atom. The molecule has 1 rings (SSSR count). The van der Waals surface area contributed by atoms with Crippen LogP contribution in [0.2, 0.25) is 0 Å². The molecule has 6 heteroatoms. The number of quaternary nitrogens is 1. The molecule has 78 valence electrons. The number of nitrogens with two attached hydrogens (primary N) is 1. The highest BCUT2D eigenvalue weighted by Gasteiger charge is 2.48. The third-order valence-corrected chi connectivity index (χ3v) is 2.36. The van der Waals surface area contributed by atoms with E-state index in [0.29, 0.717) is 12.8 Å². The molecule has 13 heavy (non-hydrogen) atoms. The van der Waals surface area contributed by atoms with Crippen LogP contribution in [0.15, 0.2) is 0 Å². The standard InChI is InChI=1S/C7H12N2O2.BrH.ClH/c1-3-7(4-2)5(10)8-6(11)9-7;;/h3-4H2,1-2H3,(H2,8,9,10,11);2*1H/p-1. The Hall–Kier alpha value is -0.130. The molecule has 1 fully saturated rings. The Morgan fingerprint density at radius 2 is 1.77 bits per heavy atom. The van der Waals surface area contributed by atoms with Crippen LogP contribution in [-0.2, 0) is 4.79 Å². The van der Waals surface area contributed by atoms with E-state index in [1.165, 1.54) is 5.32 Å². The fraction of sp³-hybridized carbons (Fsp3) is 0.714. The van der Waals surface area contributed by atoms with Crippen molar-refractivity contribution in [3.05, 3.63) is 0 Å². The highest BCUT2D eigenvalue weighted by molar-refractivity contribution is 6.00. The molecule has 0 aromatic heterocycles. The van der Waals surface area contributed by atoms with Crippen molar-refractivity contribution in [2.24, 2.45) is 0 Å². The lowest BCUT2D eigenvalue weighted by molar-refractivity contribution is -0.613. The lowest BCUT2D eigenvalue weighted by Crippen LogP contribution is -3.00. The summed E-state index contributed by atoms with van der Waals surface area (Å²) in [6.07, 6.45) is 1.39. The van der Waals surface area contributed by atoms with Gasteiger partial charge in [0.1, 0.15) is 0 Å². The van der Waals surface area contributed by atoms with Crippen molar-refractivity contribution in [3.8, 4) is 0 Å². The van der Waals surface area contributed by atoms with Gasteiger partial charge < -0.3 is 29.4 Å². The first kappa shape index (κ1) is 15.3. The molecule has 0 radical (unpaired) electrons. The van der Waals surface area contributed by atoms with Crippen molar-refractivity contribution >= 4 is 11.9 Å². The van der Waals surface area contributed by atoms with Gasteiger partial charge >= 0.3 is 6.03 Å². The van der Waals surface area contributed by atoms with Gasteiger partial charge in [0.2, 0.25) is 0 Å². The summed E-state index contributed by atoms with van der Waals surface area (Å²) < 4.78 is 0. The minimum atomic E-state index is -0.517. The van der Waals surface area contributed by atoms with Gasteiger partial charge in [-0.1, -0.05) is 13.8 Å². The van der Waals surface area contributed by atoms with Gasteiger partial charge in [-0.25, -0.2) is 15.4 Å². The SMILES string of the molecule is CCC1(CC)[NH2+]C(=O)NC1=O.[Br-].[Cl-]. The molecule has 0 atom stereocenters. The molecule has 1 heterocycles. The maximum absolute atomic E-state index is 11.2. The Kier molecular flexibility index (Phi) is 6.57. The molecule has 0 bridgehead atoms. The van der Waals surface area contributed by atoms with E-state index in [9.17, 15) is 9.59 Å². The molecule has 4 nitrogen and oxygen atoms in total. The average molecular weight is 273 g/mol. The number of carbonyl (C=O) groups is 2. The molecule has 0 spiro atoms. The van der Waals surface area contributed by atoms with Crippen molar-refractivity contribution in [2.75, 3.05) is 0 Å². The zero-order chi connectivity index (χ0) is 8.48. The van der Waals surface area contributed by atoms with Crippen LogP contribution in [0.3, 0.4) is 0 Å². The largest absolute Gasteiger partial charge is 1.00 e. The Balaban J connectivity index is 0. The van der Waals surface area contributed by atoms with Crippen LogP contribution in [0.5, 0.6) is 0 Å². The molecule has 0 aliphatic carbocycles. The molecule has 3 N–H and O–H groups in total. The molecule has 1 aliphatic heterocycles. The van der Waals surface area contributed by atoms with Gasteiger partial charge in [-0.15, -0.1) is 0 Å². The van der Waals surface area contributed by atoms with Crippen LogP contribution < -0.4 is 40.0 Å². The molecule has 3 amide bonds. The number of halogens is 2. The van der Waals surface area contributed by atoms with Crippen molar-refractivity contribution in [3.63, 3.8) is 0 Å². The monoisotopic (exact) mass is 271 g/mol. The molecule has 0 unspecified atom stereocenters. The summed E-state index contributed by atoms with van der Waals surface area (Å²) in [5.74, 6) is -0.146. The van der Waals surface area contributed by atoms with E-state index in [-0.39, 0.29) is 41.3 Å². The summed E-state index contributed by atoms with van der Waals surface area (Å²) in [6.45, 7) is 3.83. The summed E-state index contributed by atoms with van der Waals surface area (Å²) in [7, 11) is 0. The van der Waals surface area contributed by atoms with E-state index >= 15 is 0 Å². The van der Waals surface area contributed by atoms with Crippen LogP contribution in [-0.4, -0.2) is 17.5 Å². The van der Waals surface area contributed by atoms with Crippen LogP contribution in [0, 0.1) is 0 Å². The number of nitrogens with one attached hydrogen (secondary N) is 1. The van der Waals surface area contributed by atoms with E-state index in [0.717, 1.165) is 0 Å². The number of rotatable bonds is 2. The highest BCUT2D eigenvalue weighted by atomic mass is 79.9. The second-order valence-electron chi connectivity index (χ2n) is 2.83. The molecule has 1 aliphatic rings. The number of hydrogen-bond acceptors (Lipinski definition) is 2. The maximum atomic E-state index is 11.2. The number of imide groups is 1. The first-order chi connectivity index (χ1) is 5.14. The Morgan fingerprint density at radius 3 is 1.92 bits per heavy atom. The zero-order valence-electron chi connectivity index (χ0n) is 7.56. The second-order valence-corrected chi connectivity index (χ2v) is 2.83. The van der Waals surface area contributed by atoms with Gasteiger partial charge in [-0.2, -0.15) is 0 Å². The van der Waals surface area contributed by atoms with Crippen molar-refractivity contribution in [2.45, 2.75) is 32.2 Å². The van der Waals surface area contributed by atoms with E-state index in [1.807, 2.05) is 13.8 Å². The molecule has 0 saturated carbocycles. The van der Waals surface area contributed by atoms with E-state index in [2.05, 4.69) is 5.32 Å². The smallest absolute Gasteiger partial charge is 0.420 e. The minimum absolute atomic E-state index is 0. The highest BCUT2D eigenvalue weighted by Crippen LogP contribution is 2.11. The van der Waals surface area contributed by atoms with E-state index in [4.69, 9.17) is 0 Å². The first-order valence-corrected chi connectivity index (χ1v) is 3.86. The van der Waals surface area contributed by atoms with Crippen LogP contribution in [0.4, 0.5) is 4.79 Å². The fourth-order valence-electron chi connectivity index (χ4n) is 1.36. The number of primary amides is 1. The van der Waals surface area contributed by atoms with Crippen LogP contribution >= 0.6 is 0 Å². The van der Waals surface area contributed by atoms with Gasteiger partial charge in [0.25, 0.3) is 5.91 Å². The third-order valence-electron chi connectivity index (χ3n) is 2.36. The lowest BCUT2D eigenvalue weighted by Gasteiger charge is -2.16. The van der Waals surface area contributed by atoms with Crippen LogP contribution in [0.25, 0.3) is 0 Å². The van der Waals surface area contributed by atoms with Gasteiger partial charge in [0.05, 0.1) is 0 Å². The Labute approximate surface area is 94.0 Å². The van der Waals surface area contributed by atoms with E-state index < -0.39 is 5.54 Å². The number of amides is 3. The fourth-order valence-corrected chi connectivity index (χ4v) is 1.36. The molecule has 0 aromatic rings. The maximum Gasteiger partial charge on any atom is 0.420 e. The molecular weight excluding hydrogens is 259 g/mol. The zero-order valence-corrected chi connectivity index (χ0v) is 9.91. The summed E-state index contributed by atoms with van der Waals surface area (Å²) in [5, 5.41) is 3.77. The summed E-state index contributed by atoms with van der Waals surface area (Å²) in [6, 6.07) is -0.251. The number of carbonyl (C=O) groups excluding carboxylic acids is 2. The van der Waals surface area contributed by atoms with Gasteiger partial charge in [-0.3, -0.25) is 4.79 Å². The van der Waals surface area contributed by atoms with Crippen molar-refractivity contribution in [1.29, 1.82) is 0 Å². The lowest BCUT2D eigenvalue weighted by atomic mass is 9.93. The Bertz CT molecular complexity index is 207. The first-order valence-electron chi connectivity index (χ1n) is 3.86. The van der Waals surface area contributed by atoms with Crippen molar-refractivity contribution < 1.29 is 44.3 Å². The predicted octanol–water partition coefficient (Wildman–Crippen LogP) is -6.63. The van der Waals surface area contributed by atoms with Gasteiger partial charge in [0.15, 0.2) is 5.54 Å². The predicted molar refractivity (Wildman–Crippen MR) is 38.8 cm³/mol. The van der Waals surface area contributed by atoms with E-state index in [1.54, 1.807) is 0 Å². The second kappa shape index (κ2) is 5.57. The molecular formula is C7H13BrClN2O2-. The topological polar surface area (TPSA) is 62.8 Å². The summed E-state index contributed by atoms with van der Waals surface area (Å²) in [5.41, 5.74) is -0.517. The summed E-state index contributed by atoms with van der Waals surface area (Å²) in [4.78, 5) is 22.0.